The number of ether oxygens (including phenoxy) is 1. The lowest BCUT2D eigenvalue weighted by molar-refractivity contribution is -0.129. The molecule has 0 radical (unpaired) electrons. The molecule has 180 valence electrons. The third kappa shape index (κ3) is 9.08. The summed E-state index contributed by atoms with van der Waals surface area (Å²) < 4.78 is 5.32. The minimum atomic E-state index is -0.812. The second kappa shape index (κ2) is 13.4. The van der Waals surface area contributed by atoms with Gasteiger partial charge in [0, 0.05) is 37.9 Å². The number of benzene rings is 1. The molecule has 1 heterocycles. The van der Waals surface area contributed by atoms with Gasteiger partial charge in [-0.3, -0.25) is 19.4 Å². The first-order valence-electron chi connectivity index (χ1n) is 11.2. The van der Waals surface area contributed by atoms with Crippen LogP contribution in [0.15, 0.2) is 24.3 Å². The number of anilines is 1. The minimum absolute atomic E-state index is 0.145. The molecule has 0 saturated carbocycles. The first-order valence-corrected chi connectivity index (χ1v) is 11.2. The summed E-state index contributed by atoms with van der Waals surface area (Å²) >= 11 is 0. The van der Waals surface area contributed by atoms with Crippen molar-refractivity contribution in [3.63, 3.8) is 0 Å². The van der Waals surface area contributed by atoms with Crippen LogP contribution in [0.5, 0.6) is 0 Å². The number of hydrogen-bond donors (Lipinski definition) is 3. The second-order valence-corrected chi connectivity index (χ2v) is 8.42. The Labute approximate surface area is 195 Å². The first-order chi connectivity index (χ1) is 15.8. The molecule has 1 unspecified atom stereocenters. The summed E-state index contributed by atoms with van der Waals surface area (Å²) in [6, 6.07) is 5.33. The molecule has 1 atom stereocenters. The van der Waals surface area contributed by atoms with Crippen LogP contribution in [0.4, 0.5) is 10.5 Å². The Bertz CT molecular complexity index is 848. The molecular weight excluding hydrogens is 424 g/mol. The number of hydrogen-bond acceptors (Lipinski definition) is 6. The van der Waals surface area contributed by atoms with E-state index in [1.807, 2.05) is 13.8 Å². The second-order valence-electron chi connectivity index (χ2n) is 8.42. The highest BCUT2D eigenvalue weighted by Gasteiger charge is 2.25. The zero-order valence-electron chi connectivity index (χ0n) is 19.6. The predicted octanol–water partition coefficient (Wildman–Crippen LogP) is 1.61. The van der Waals surface area contributed by atoms with E-state index in [9.17, 15) is 14.4 Å². The SMILES string of the molecule is CC(C)CC(NC(=O)c1cccc(NC(=O)NCCCN2CCOCC2)c1)C(=O)N(C)C#N. The maximum atomic E-state index is 12.7. The van der Waals surface area contributed by atoms with Gasteiger partial charge in [0.1, 0.15) is 6.04 Å². The zero-order valence-corrected chi connectivity index (χ0v) is 19.6. The monoisotopic (exact) mass is 458 g/mol. The average Bonchev–Trinajstić information content (AvgIpc) is 2.81. The summed E-state index contributed by atoms with van der Waals surface area (Å²) in [4.78, 5) is 40.6. The maximum Gasteiger partial charge on any atom is 0.319 e. The Hall–Kier alpha value is -3.16. The smallest absolute Gasteiger partial charge is 0.319 e. The van der Waals surface area contributed by atoms with Crippen LogP contribution in [0.2, 0.25) is 0 Å². The van der Waals surface area contributed by atoms with Crippen LogP contribution in [-0.2, 0) is 9.53 Å². The Morgan fingerprint density at radius 3 is 2.64 bits per heavy atom. The van der Waals surface area contributed by atoms with Crippen molar-refractivity contribution in [1.29, 1.82) is 5.26 Å². The van der Waals surface area contributed by atoms with Gasteiger partial charge in [-0.1, -0.05) is 19.9 Å². The van der Waals surface area contributed by atoms with Crippen LogP contribution < -0.4 is 16.0 Å². The third-order valence-electron chi connectivity index (χ3n) is 5.21. The van der Waals surface area contributed by atoms with Gasteiger partial charge in [-0.25, -0.2) is 4.79 Å². The summed E-state index contributed by atoms with van der Waals surface area (Å²) in [5.74, 6) is -0.772. The number of likely N-dealkylation sites (N-methyl/N-ethyl adjacent to an activating group) is 1. The van der Waals surface area contributed by atoms with Gasteiger partial charge < -0.3 is 20.7 Å². The first kappa shape index (κ1) is 26.1. The number of amides is 4. The quantitative estimate of drug-likeness (QED) is 0.278. The number of carbonyl (C=O) groups is 3. The Kier molecular flexibility index (Phi) is 10.6. The Morgan fingerprint density at radius 2 is 1.97 bits per heavy atom. The fourth-order valence-electron chi connectivity index (χ4n) is 3.46. The van der Waals surface area contributed by atoms with Gasteiger partial charge in [-0.15, -0.1) is 0 Å². The lowest BCUT2D eigenvalue weighted by Gasteiger charge is -2.26. The van der Waals surface area contributed by atoms with E-state index in [0.29, 0.717) is 24.2 Å². The number of morpholine rings is 1. The number of nitriles is 1. The molecule has 1 aliphatic heterocycles. The summed E-state index contributed by atoms with van der Waals surface area (Å²) in [5.41, 5.74) is 0.774. The predicted molar refractivity (Wildman–Crippen MR) is 124 cm³/mol. The van der Waals surface area contributed by atoms with Crippen molar-refractivity contribution >= 4 is 23.5 Å². The molecule has 1 aromatic carbocycles. The number of nitrogens with one attached hydrogen (secondary N) is 3. The van der Waals surface area contributed by atoms with E-state index in [2.05, 4.69) is 20.9 Å². The third-order valence-corrected chi connectivity index (χ3v) is 5.21. The molecule has 0 spiro atoms. The van der Waals surface area contributed by atoms with E-state index in [-0.39, 0.29) is 11.9 Å². The lowest BCUT2D eigenvalue weighted by atomic mass is 10.0. The van der Waals surface area contributed by atoms with Crippen molar-refractivity contribution in [1.82, 2.24) is 20.4 Å². The molecular formula is C23H34N6O4. The standard InChI is InChI=1S/C23H34N6O4/c1-17(2)14-20(22(31)28(3)16-24)27-21(30)18-6-4-7-19(15-18)26-23(32)25-8-5-9-29-10-12-33-13-11-29/h4,6-7,15,17,20H,5,8-14H2,1-3H3,(H,27,30)(H2,25,26,32). The van der Waals surface area contributed by atoms with E-state index >= 15 is 0 Å². The van der Waals surface area contributed by atoms with Gasteiger partial charge in [0.2, 0.25) is 0 Å². The van der Waals surface area contributed by atoms with Gasteiger partial charge in [0.25, 0.3) is 11.8 Å². The number of urea groups is 1. The molecule has 0 aliphatic carbocycles. The molecule has 3 N–H and O–H groups in total. The van der Waals surface area contributed by atoms with Crippen LogP contribution >= 0.6 is 0 Å². The van der Waals surface area contributed by atoms with Crippen molar-refractivity contribution in [3.05, 3.63) is 29.8 Å². The Balaban J connectivity index is 1.87. The van der Waals surface area contributed by atoms with E-state index in [4.69, 9.17) is 10.00 Å². The molecule has 1 saturated heterocycles. The number of rotatable bonds is 10. The maximum absolute atomic E-state index is 12.7. The molecule has 0 aromatic heterocycles. The van der Waals surface area contributed by atoms with Crippen LogP contribution in [0.3, 0.4) is 0 Å². The van der Waals surface area contributed by atoms with Crippen molar-refractivity contribution in [2.75, 3.05) is 51.8 Å². The van der Waals surface area contributed by atoms with Gasteiger partial charge in [-0.2, -0.15) is 5.26 Å². The highest BCUT2D eigenvalue weighted by Crippen LogP contribution is 2.13. The molecule has 1 fully saturated rings. The Morgan fingerprint density at radius 1 is 1.24 bits per heavy atom. The van der Waals surface area contributed by atoms with Crippen molar-refractivity contribution < 1.29 is 19.1 Å². The van der Waals surface area contributed by atoms with Gasteiger partial charge in [0.05, 0.1) is 13.2 Å². The topological polar surface area (TPSA) is 127 Å². The fourth-order valence-corrected chi connectivity index (χ4v) is 3.46. The van der Waals surface area contributed by atoms with Gasteiger partial charge in [-0.05, 0) is 43.5 Å². The molecule has 2 rings (SSSR count). The normalized spacial score (nSPS) is 14.8. The number of carbonyl (C=O) groups excluding carboxylic acids is 3. The summed E-state index contributed by atoms with van der Waals surface area (Å²) in [5, 5.41) is 17.2. The van der Waals surface area contributed by atoms with Crippen LogP contribution in [0.25, 0.3) is 0 Å². The van der Waals surface area contributed by atoms with Crippen LogP contribution in [-0.4, -0.2) is 80.1 Å². The van der Waals surface area contributed by atoms with E-state index in [1.165, 1.54) is 7.05 Å². The molecule has 1 aliphatic rings. The van der Waals surface area contributed by atoms with E-state index in [0.717, 1.165) is 44.2 Å². The van der Waals surface area contributed by atoms with Gasteiger partial charge in [0.15, 0.2) is 6.19 Å². The molecule has 10 nitrogen and oxygen atoms in total. The molecule has 10 heteroatoms. The number of nitrogens with zero attached hydrogens (tertiary/aromatic N) is 3. The highest BCUT2D eigenvalue weighted by molar-refractivity contribution is 5.99. The van der Waals surface area contributed by atoms with Crippen LogP contribution in [0, 0.1) is 17.4 Å². The summed E-state index contributed by atoms with van der Waals surface area (Å²) in [7, 11) is 1.37. The molecule has 4 amide bonds. The average molecular weight is 459 g/mol. The van der Waals surface area contributed by atoms with Gasteiger partial charge >= 0.3 is 6.03 Å². The molecule has 0 bridgehead atoms. The highest BCUT2D eigenvalue weighted by atomic mass is 16.5. The van der Waals surface area contributed by atoms with Crippen LogP contribution in [0.1, 0.15) is 37.0 Å². The minimum Gasteiger partial charge on any atom is -0.379 e. The lowest BCUT2D eigenvalue weighted by Crippen LogP contribution is -2.46. The molecule has 1 aromatic rings. The zero-order chi connectivity index (χ0) is 24.2. The van der Waals surface area contributed by atoms with Crippen molar-refractivity contribution in [2.45, 2.75) is 32.7 Å². The van der Waals surface area contributed by atoms with Crippen molar-refractivity contribution in [2.24, 2.45) is 5.92 Å². The summed E-state index contributed by atoms with van der Waals surface area (Å²) in [6.07, 6.45) is 3.01. The van der Waals surface area contributed by atoms with Crippen molar-refractivity contribution in [3.8, 4) is 6.19 Å². The van der Waals surface area contributed by atoms with E-state index < -0.39 is 17.9 Å². The summed E-state index contributed by atoms with van der Waals surface area (Å²) in [6.45, 7) is 8.63. The van der Waals surface area contributed by atoms with E-state index in [1.54, 1.807) is 30.5 Å². The largest absolute Gasteiger partial charge is 0.379 e. The fraction of sp³-hybridized carbons (Fsp3) is 0.565. The molecule has 33 heavy (non-hydrogen) atoms.